The number of nitrogens with one attached hydrogen (secondary N) is 1. The maximum atomic E-state index is 12.1. The van der Waals surface area contributed by atoms with Crippen molar-refractivity contribution in [2.75, 3.05) is 25.0 Å². The van der Waals surface area contributed by atoms with Crippen LogP contribution in [0.1, 0.15) is 13.3 Å². The van der Waals surface area contributed by atoms with E-state index in [0.717, 1.165) is 23.5 Å². The predicted molar refractivity (Wildman–Crippen MR) is 88.2 cm³/mol. The molecule has 0 spiro atoms. The fraction of sp³-hybridized carbons (Fsp3) is 0.385. The van der Waals surface area contributed by atoms with Gasteiger partial charge in [-0.05, 0) is 25.1 Å². The summed E-state index contributed by atoms with van der Waals surface area (Å²) in [4.78, 5) is 24.4. The number of halogens is 1. The number of hydrogen-bond acceptors (Lipinski definition) is 5. The summed E-state index contributed by atoms with van der Waals surface area (Å²) >= 11 is 1.09. The van der Waals surface area contributed by atoms with Crippen LogP contribution >= 0.6 is 12.4 Å². The number of hydrogen-bond donors (Lipinski definition) is 2. The Morgan fingerprint density at radius 3 is 2.77 bits per heavy atom. The molecule has 0 aromatic heterocycles. The average Bonchev–Trinajstić information content (AvgIpc) is 2.87. The Labute approximate surface area is 138 Å². The van der Waals surface area contributed by atoms with Crippen LogP contribution in [0.5, 0.6) is 0 Å². The summed E-state index contributed by atoms with van der Waals surface area (Å²) in [7, 11) is 0. The first-order valence-electron chi connectivity index (χ1n) is 6.55. The van der Waals surface area contributed by atoms with Crippen LogP contribution in [0.4, 0.5) is 17.1 Å². The van der Waals surface area contributed by atoms with E-state index in [-0.39, 0.29) is 31.4 Å². The Balaban J connectivity index is 0.00000242. The number of nitrogens with zero attached hydrogens (tertiary/aromatic N) is 3. The first-order chi connectivity index (χ1) is 10.1. The molecule has 0 saturated heterocycles. The normalized spacial score (nSPS) is 11.5. The van der Waals surface area contributed by atoms with Crippen LogP contribution in [0, 0.1) is 0 Å². The number of amides is 1. The van der Waals surface area contributed by atoms with Gasteiger partial charge in [0, 0.05) is 0 Å². The van der Waals surface area contributed by atoms with E-state index < -0.39 is 5.97 Å². The lowest BCUT2D eigenvalue weighted by Crippen LogP contribution is -2.37. The predicted octanol–water partition coefficient (Wildman–Crippen LogP) is 2.57. The van der Waals surface area contributed by atoms with E-state index in [1.54, 1.807) is 17.0 Å². The standard InChI is InChI=1S/C13H16N4O3S.ClH/c1-2-6-17(8-12(19)20)7-11(18)14-9-4-3-5-10-13(9)16-21-15-10;/h3-5H,2,6-8H2,1H3,(H,14,18)(H,19,20);1H. The van der Waals surface area contributed by atoms with Crippen molar-refractivity contribution in [2.24, 2.45) is 8.73 Å². The van der Waals surface area contributed by atoms with Crippen LogP contribution in [-0.2, 0) is 20.9 Å². The summed E-state index contributed by atoms with van der Waals surface area (Å²) in [5.41, 5.74) is 1.97. The zero-order valence-electron chi connectivity index (χ0n) is 12.0. The van der Waals surface area contributed by atoms with Gasteiger partial charge in [0.25, 0.3) is 0 Å². The van der Waals surface area contributed by atoms with Crippen molar-refractivity contribution in [3.8, 4) is 0 Å². The highest BCUT2D eigenvalue weighted by Gasteiger charge is 2.16. The largest absolute Gasteiger partial charge is 0.480 e. The van der Waals surface area contributed by atoms with Crippen molar-refractivity contribution in [1.29, 1.82) is 0 Å². The molecule has 1 aliphatic rings. The van der Waals surface area contributed by atoms with Gasteiger partial charge in [0.05, 0.1) is 30.1 Å². The highest BCUT2D eigenvalue weighted by atomic mass is 35.5. The first kappa shape index (κ1) is 18.3. The van der Waals surface area contributed by atoms with Gasteiger partial charge in [-0.1, -0.05) is 13.0 Å². The summed E-state index contributed by atoms with van der Waals surface area (Å²) < 4.78 is 8.25. The zero-order chi connectivity index (χ0) is 15.2. The van der Waals surface area contributed by atoms with Crippen molar-refractivity contribution in [3.63, 3.8) is 0 Å². The smallest absolute Gasteiger partial charge is 0.317 e. The summed E-state index contributed by atoms with van der Waals surface area (Å²) in [5.74, 6) is -1.20. The third-order valence-corrected chi connectivity index (χ3v) is 3.37. The fourth-order valence-electron chi connectivity index (χ4n) is 2.02. The number of aliphatic carboxylic acids is 1. The minimum Gasteiger partial charge on any atom is -0.480 e. The average molecular weight is 345 g/mol. The number of fused-ring (bicyclic) bond motifs is 1. The third kappa shape index (κ3) is 4.90. The van der Waals surface area contributed by atoms with Gasteiger partial charge in [-0.3, -0.25) is 14.5 Å². The molecule has 0 fully saturated rings. The lowest BCUT2D eigenvalue weighted by Gasteiger charge is -2.19. The number of carbonyl (C=O) groups excluding carboxylic acids is 1. The maximum absolute atomic E-state index is 12.1. The van der Waals surface area contributed by atoms with Crippen molar-refractivity contribution in [1.82, 2.24) is 4.90 Å². The molecular weight excluding hydrogens is 328 g/mol. The minimum absolute atomic E-state index is 0. The lowest BCUT2D eigenvalue weighted by atomic mass is 10.2. The molecule has 9 heteroatoms. The highest BCUT2D eigenvalue weighted by molar-refractivity contribution is 7.58. The molecule has 0 atom stereocenters. The van der Waals surface area contributed by atoms with Gasteiger partial charge >= 0.3 is 5.97 Å². The molecule has 1 aliphatic heterocycles. The van der Waals surface area contributed by atoms with Gasteiger partial charge in [-0.15, -0.1) is 12.4 Å². The number of carboxylic acid groups (broad SMARTS) is 1. The SMILES string of the molecule is CCCN(CC(=O)O)CC(=O)Nc1cccc2c1N=S=N2.Cl. The maximum Gasteiger partial charge on any atom is 0.317 e. The van der Waals surface area contributed by atoms with E-state index in [0.29, 0.717) is 17.9 Å². The number of anilines is 1. The number of carboxylic acids is 1. The Kier molecular flexibility index (Phi) is 7.16. The quantitative estimate of drug-likeness (QED) is 0.807. The molecule has 0 bridgehead atoms. The van der Waals surface area contributed by atoms with E-state index in [1.807, 2.05) is 13.0 Å². The molecule has 1 aromatic rings. The third-order valence-electron chi connectivity index (χ3n) is 2.83. The summed E-state index contributed by atoms with van der Waals surface area (Å²) in [5, 5.41) is 11.6. The summed E-state index contributed by atoms with van der Waals surface area (Å²) in [6.07, 6.45) is 0.784. The van der Waals surface area contributed by atoms with Crippen molar-refractivity contribution in [2.45, 2.75) is 13.3 Å². The molecule has 0 radical (unpaired) electrons. The lowest BCUT2D eigenvalue weighted by molar-refractivity contribution is -0.138. The second-order valence-corrected chi connectivity index (χ2v) is 5.12. The van der Waals surface area contributed by atoms with Crippen molar-refractivity contribution >= 4 is 52.7 Å². The molecule has 7 nitrogen and oxygen atoms in total. The highest BCUT2D eigenvalue weighted by Crippen LogP contribution is 2.38. The van der Waals surface area contributed by atoms with Crippen molar-refractivity contribution in [3.05, 3.63) is 18.2 Å². The van der Waals surface area contributed by atoms with Gasteiger partial charge in [-0.25, -0.2) is 0 Å². The van der Waals surface area contributed by atoms with Crippen LogP contribution in [0.3, 0.4) is 0 Å². The first-order valence-corrected chi connectivity index (χ1v) is 7.28. The molecule has 120 valence electrons. The molecule has 2 N–H and O–H groups in total. The molecule has 2 rings (SSSR count). The van der Waals surface area contributed by atoms with Gasteiger partial charge in [0.15, 0.2) is 0 Å². The summed E-state index contributed by atoms with van der Waals surface area (Å²) in [6, 6.07) is 5.37. The summed E-state index contributed by atoms with van der Waals surface area (Å²) in [6.45, 7) is 2.38. The number of benzene rings is 1. The number of carbonyl (C=O) groups is 2. The second kappa shape index (κ2) is 8.62. The molecule has 0 aliphatic carbocycles. The van der Waals surface area contributed by atoms with Gasteiger partial charge in [-0.2, -0.15) is 8.73 Å². The van der Waals surface area contributed by atoms with E-state index >= 15 is 0 Å². The van der Waals surface area contributed by atoms with Crippen LogP contribution in [-0.4, -0.2) is 41.5 Å². The Morgan fingerprint density at radius 1 is 1.32 bits per heavy atom. The van der Waals surface area contributed by atoms with Crippen LogP contribution < -0.4 is 5.32 Å². The van der Waals surface area contributed by atoms with E-state index in [1.165, 1.54) is 0 Å². The zero-order valence-corrected chi connectivity index (χ0v) is 13.6. The molecule has 1 amide bonds. The second-order valence-electron chi connectivity index (χ2n) is 4.59. The molecular formula is C13H17ClN4O3S. The van der Waals surface area contributed by atoms with E-state index in [4.69, 9.17) is 5.11 Å². The molecule has 1 heterocycles. The van der Waals surface area contributed by atoms with E-state index in [2.05, 4.69) is 14.0 Å². The Morgan fingerprint density at radius 2 is 2.09 bits per heavy atom. The van der Waals surface area contributed by atoms with Crippen molar-refractivity contribution < 1.29 is 14.7 Å². The molecule has 0 unspecified atom stereocenters. The molecule has 22 heavy (non-hydrogen) atoms. The molecule has 0 saturated carbocycles. The van der Waals surface area contributed by atoms with Gasteiger partial charge in [0.1, 0.15) is 11.4 Å². The van der Waals surface area contributed by atoms with Gasteiger partial charge < -0.3 is 10.4 Å². The topological polar surface area (TPSA) is 94.4 Å². The minimum atomic E-state index is -0.943. The van der Waals surface area contributed by atoms with Crippen LogP contribution in [0.25, 0.3) is 0 Å². The Hall–Kier alpha value is -1.77. The monoisotopic (exact) mass is 344 g/mol. The molecule has 1 aromatic carbocycles. The van der Waals surface area contributed by atoms with Gasteiger partial charge in [0.2, 0.25) is 5.91 Å². The van der Waals surface area contributed by atoms with Crippen LogP contribution in [0.15, 0.2) is 26.9 Å². The van der Waals surface area contributed by atoms with E-state index in [9.17, 15) is 9.59 Å². The van der Waals surface area contributed by atoms with Crippen LogP contribution in [0.2, 0.25) is 0 Å². The number of rotatable bonds is 7. The fourth-order valence-corrected chi connectivity index (χ4v) is 2.57. The Bertz CT molecular complexity index is 632.